The summed E-state index contributed by atoms with van der Waals surface area (Å²) in [6.45, 7) is 3.30. The van der Waals surface area contributed by atoms with Crippen LogP contribution in [0.25, 0.3) is 0 Å². The van der Waals surface area contributed by atoms with Crippen molar-refractivity contribution in [2.45, 2.75) is 26.8 Å². The molecule has 3 rings (SSSR count). The summed E-state index contributed by atoms with van der Waals surface area (Å²) in [5.41, 5.74) is 1.50. The van der Waals surface area contributed by atoms with Gasteiger partial charge >= 0.3 is 17.8 Å². The Hall–Kier alpha value is -3.81. The summed E-state index contributed by atoms with van der Waals surface area (Å²) in [5, 5.41) is 2.74. The molecule has 2 aromatic rings. The maximum Gasteiger partial charge on any atom is 0.334 e. The Labute approximate surface area is 179 Å². The minimum atomic E-state index is -1.02. The molecule has 0 bridgehead atoms. The summed E-state index contributed by atoms with van der Waals surface area (Å²) >= 11 is 0. The highest BCUT2D eigenvalue weighted by Gasteiger charge is 2.45. The van der Waals surface area contributed by atoms with Crippen LogP contribution in [0.15, 0.2) is 54.6 Å². The number of carbonyl (C=O) groups excluding carboxylic acids is 5. The highest BCUT2D eigenvalue weighted by molar-refractivity contribution is 6.45. The summed E-state index contributed by atoms with van der Waals surface area (Å²) in [7, 11) is 0. The van der Waals surface area contributed by atoms with E-state index in [0.29, 0.717) is 22.6 Å². The molecule has 0 aliphatic carbocycles. The number of urea groups is 1. The van der Waals surface area contributed by atoms with E-state index < -0.39 is 30.2 Å². The average Bonchev–Trinajstić information content (AvgIpc) is 2.92. The van der Waals surface area contributed by atoms with E-state index in [0.717, 1.165) is 4.90 Å². The number of ketones is 1. The van der Waals surface area contributed by atoms with Crippen LogP contribution in [0.2, 0.25) is 0 Å². The lowest BCUT2D eigenvalue weighted by Crippen LogP contribution is -2.36. The molecule has 2 aromatic carbocycles. The number of hydrogen-bond donors (Lipinski definition) is 1. The average molecular weight is 421 g/mol. The highest BCUT2D eigenvalue weighted by atomic mass is 16.2. The first-order valence-corrected chi connectivity index (χ1v) is 9.90. The van der Waals surface area contributed by atoms with Gasteiger partial charge in [0.25, 0.3) is 0 Å². The van der Waals surface area contributed by atoms with Crippen LogP contribution < -0.4 is 5.32 Å². The summed E-state index contributed by atoms with van der Waals surface area (Å²) < 4.78 is 0. The number of hydrogen-bond acceptors (Lipinski definition) is 5. The molecule has 0 spiro atoms. The molecule has 0 aromatic heterocycles. The molecule has 8 heteroatoms. The van der Waals surface area contributed by atoms with E-state index in [9.17, 15) is 24.0 Å². The zero-order chi connectivity index (χ0) is 22.5. The molecule has 0 radical (unpaired) electrons. The molecule has 0 atom stereocenters. The molecule has 0 unspecified atom stereocenters. The van der Waals surface area contributed by atoms with Gasteiger partial charge in [-0.15, -0.1) is 0 Å². The Morgan fingerprint density at radius 2 is 1.48 bits per heavy atom. The van der Waals surface area contributed by atoms with Crippen molar-refractivity contribution in [1.82, 2.24) is 9.80 Å². The zero-order valence-corrected chi connectivity index (χ0v) is 17.3. The lowest BCUT2D eigenvalue weighted by molar-refractivity contribution is -0.143. The van der Waals surface area contributed by atoms with Gasteiger partial charge in [-0.1, -0.05) is 44.2 Å². The normalized spacial score (nSPS) is 13.8. The number of carbonyl (C=O) groups is 5. The van der Waals surface area contributed by atoms with Gasteiger partial charge in [0.2, 0.25) is 5.91 Å². The molecule has 1 aliphatic rings. The molecular formula is C23H23N3O5. The van der Waals surface area contributed by atoms with Crippen molar-refractivity contribution in [3.05, 3.63) is 65.7 Å². The van der Waals surface area contributed by atoms with E-state index in [1.54, 1.807) is 42.5 Å². The van der Waals surface area contributed by atoms with Gasteiger partial charge in [-0.2, -0.15) is 0 Å². The van der Waals surface area contributed by atoms with Crippen molar-refractivity contribution in [3.63, 3.8) is 0 Å². The smallest absolute Gasteiger partial charge is 0.326 e. The van der Waals surface area contributed by atoms with Crippen LogP contribution in [0.1, 0.15) is 36.2 Å². The molecule has 0 saturated carbocycles. The molecule has 1 fully saturated rings. The van der Waals surface area contributed by atoms with Crippen molar-refractivity contribution < 1.29 is 24.0 Å². The molecule has 1 heterocycles. The van der Waals surface area contributed by atoms with Gasteiger partial charge in [0, 0.05) is 17.7 Å². The molecule has 8 nitrogen and oxygen atoms in total. The lowest BCUT2D eigenvalue weighted by atomic mass is 10.1. The maximum absolute atomic E-state index is 12.6. The van der Waals surface area contributed by atoms with Gasteiger partial charge < -0.3 is 5.32 Å². The predicted molar refractivity (Wildman–Crippen MR) is 113 cm³/mol. The number of nitrogens with zero attached hydrogens (tertiary/aromatic N) is 2. The molecule has 1 saturated heterocycles. The summed E-state index contributed by atoms with van der Waals surface area (Å²) in [5.74, 6) is -2.37. The molecule has 160 valence electrons. The molecule has 5 amide bonds. The van der Waals surface area contributed by atoms with Crippen molar-refractivity contribution in [1.29, 1.82) is 0 Å². The van der Waals surface area contributed by atoms with Crippen LogP contribution in [0, 0.1) is 5.92 Å². The largest absolute Gasteiger partial charge is 0.334 e. The van der Waals surface area contributed by atoms with Crippen LogP contribution in [0.5, 0.6) is 0 Å². The second-order valence-corrected chi connectivity index (χ2v) is 7.70. The van der Waals surface area contributed by atoms with Crippen LogP contribution in [0.3, 0.4) is 0 Å². The first kappa shape index (κ1) is 21.9. The van der Waals surface area contributed by atoms with Crippen LogP contribution in [0.4, 0.5) is 10.5 Å². The molecule has 31 heavy (non-hydrogen) atoms. The fraction of sp³-hybridized carbons (Fsp3) is 0.261. The number of anilines is 1. The topological polar surface area (TPSA) is 104 Å². The van der Waals surface area contributed by atoms with Crippen molar-refractivity contribution in [3.8, 4) is 0 Å². The summed E-state index contributed by atoms with van der Waals surface area (Å²) in [6.07, 6.45) is 0.382. The third-order valence-corrected chi connectivity index (χ3v) is 4.70. The second-order valence-electron chi connectivity index (χ2n) is 7.70. The number of nitrogens with one attached hydrogen (secondary N) is 1. The Kier molecular flexibility index (Phi) is 6.59. The summed E-state index contributed by atoms with van der Waals surface area (Å²) in [4.78, 5) is 63.0. The molecule has 1 N–H and O–H groups in total. The van der Waals surface area contributed by atoms with Crippen molar-refractivity contribution in [2.75, 3.05) is 11.9 Å². The van der Waals surface area contributed by atoms with E-state index in [1.165, 1.54) is 12.1 Å². The van der Waals surface area contributed by atoms with Gasteiger partial charge in [0.05, 0.1) is 13.1 Å². The van der Waals surface area contributed by atoms with E-state index >= 15 is 0 Å². The minimum absolute atomic E-state index is 0.0420. The van der Waals surface area contributed by atoms with Gasteiger partial charge in [0.1, 0.15) is 0 Å². The predicted octanol–water partition coefficient (Wildman–Crippen LogP) is 2.84. The fourth-order valence-electron chi connectivity index (χ4n) is 3.15. The van der Waals surface area contributed by atoms with Gasteiger partial charge in [-0.25, -0.2) is 9.69 Å². The van der Waals surface area contributed by atoms with Crippen LogP contribution in [-0.2, 0) is 20.9 Å². The van der Waals surface area contributed by atoms with Crippen molar-refractivity contribution >= 4 is 35.2 Å². The standard InChI is InChI=1S/C23H23N3O5/c1-15(2)12-20(28)24-18-10-8-17(9-11-18)19(27)14-26-22(30)21(29)25(23(26)31)13-16-6-4-3-5-7-16/h3-11,15H,12-14H2,1-2H3,(H,24,28). The number of rotatable bonds is 8. The number of imide groups is 2. The van der Waals surface area contributed by atoms with E-state index in [2.05, 4.69) is 5.32 Å². The van der Waals surface area contributed by atoms with Crippen LogP contribution >= 0.6 is 0 Å². The second kappa shape index (κ2) is 9.34. The minimum Gasteiger partial charge on any atom is -0.326 e. The Bertz CT molecular complexity index is 1020. The number of amides is 5. The third kappa shape index (κ3) is 5.22. The third-order valence-electron chi connectivity index (χ3n) is 4.70. The van der Waals surface area contributed by atoms with E-state index in [4.69, 9.17) is 0 Å². The maximum atomic E-state index is 12.6. The lowest BCUT2D eigenvalue weighted by Gasteiger charge is -2.15. The van der Waals surface area contributed by atoms with Crippen LogP contribution in [-0.4, -0.2) is 45.9 Å². The monoisotopic (exact) mass is 421 g/mol. The van der Waals surface area contributed by atoms with E-state index in [1.807, 2.05) is 13.8 Å². The van der Waals surface area contributed by atoms with Crippen molar-refractivity contribution in [2.24, 2.45) is 5.92 Å². The Morgan fingerprint density at radius 1 is 0.871 bits per heavy atom. The zero-order valence-electron chi connectivity index (χ0n) is 17.3. The van der Waals surface area contributed by atoms with Gasteiger partial charge in [-0.3, -0.25) is 24.1 Å². The van der Waals surface area contributed by atoms with E-state index in [-0.39, 0.29) is 23.9 Å². The molecule has 1 aliphatic heterocycles. The SMILES string of the molecule is CC(C)CC(=O)Nc1ccc(C(=O)CN2C(=O)C(=O)N(Cc3ccccc3)C2=O)cc1. The highest BCUT2D eigenvalue weighted by Crippen LogP contribution is 2.18. The summed E-state index contributed by atoms with van der Waals surface area (Å²) in [6, 6.07) is 14.1. The Balaban J connectivity index is 1.64. The first-order chi connectivity index (χ1) is 14.8. The fourth-order valence-corrected chi connectivity index (χ4v) is 3.15. The first-order valence-electron chi connectivity index (χ1n) is 9.90. The molecular weight excluding hydrogens is 398 g/mol. The number of benzene rings is 2. The quantitative estimate of drug-likeness (QED) is 0.401. The Morgan fingerprint density at radius 3 is 2.10 bits per heavy atom. The van der Waals surface area contributed by atoms with Gasteiger partial charge in [-0.05, 0) is 35.7 Å². The van der Waals surface area contributed by atoms with Gasteiger partial charge in [0.15, 0.2) is 5.78 Å². The number of Topliss-reactive ketones (excluding diaryl/α,β-unsaturated/α-hetero) is 1.